The molecule has 2 aliphatic rings. The topological polar surface area (TPSA) is 32.3 Å². The van der Waals surface area contributed by atoms with Crippen LogP contribution >= 0.6 is 11.8 Å². The second-order valence-corrected chi connectivity index (χ2v) is 6.63. The Balaban J connectivity index is 1.61. The quantitative estimate of drug-likeness (QED) is 0.879. The molecule has 1 aromatic rings. The Morgan fingerprint density at radius 2 is 2.00 bits per heavy atom. The molecule has 1 fully saturated rings. The predicted octanol–water partition coefficient (Wildman–Crippen LogP) is 3.12. The van der Waals surface area contributed by atoms with Crippen molar-refractivity contribution in [2.24, 2.45) is 0 Å². The standard InChI is InChI=1S/C15H21NOS/c17-15(8-4-1-5-9-15)11-16-13-10-18-14-7-3-2-6-12(13)14/h2-3,6-7,13,16-17H,1,4-5,8-11H2. The minimum atomic E-state index is -0.458. The van der Waals surface area contributed by atoms with Gasteiger partial charge in [0.1, 0.15) is 0 Å². The molecule has 1 saturated carbocycles. The monoisotopic (exact) mass is 263 g/mol. The fraction of sp³-hybridized carbons (Fsp3) is 0.600. The Morgan fingerprint density at radius 3 is 2.83 bits per heavy atom. The molecule has 0 amide bonds. The lowest BCUT2D eigenvalue weighted by Gasteiger charge is -2.33. The van der Waals surface area contributed by atoms with Crippen molar-refractivity contribution in [3.63, 3.8) is 0 Å². The lowest BCUT2D eigenvalue weighted by molar-refractivity contribution is 0.00314. The van der Waals surface area contributed by atoms with E-state index in [1.165, 1.54) is 29.7 Å². The maximum absolute atomic E-state index is 10.5. The lowest BCUT2D eigenvalue weighted by atomic mass is 9.84. The summed E-state index contributed by atoms with van der Waals surface area (Å²) in [6, 6.07) is 9.02. The second-order valence-electron chi connectivity index (χ2n) is 5.57. The van der Waals surface area contributed by atoms with Crippen LogP contribution in [0, 0.1) is 0 Å². The number of hydrogen-bond acceptors (Lipinski definition) is 3. The van der Waals surface area contributed by atoms with Crippen molar-refractivity contribution in [1.82, 2.24) is 5.32 Å². The van der Waals surface area contributed by atoms with Gasteiger partial charge in [0.25, 0.3) is 0 Å². The van der Waals surface area contributed by atoms with Crippen LogP contribution in [0.3, 0.4) is 0 Å². The minimum absolute atomic E-state index is 0.414. The molecule has 1 aliphatic heterocycles. The van der Waals surface area contributed by atoms with E-state index in [4.69, 9.17) is 0 Å². The van der Waals surface area contributed by atoms with Gasteiger partial charge in [0, 0.05) is 23.2 Å². The van der Waals surface area contributed by atoms with E-state index in [1.54, 1.807) is 0 Å². The summed E-state index contributed by atoms with van der Waals surface area (Å²) in [5.41, 5.74) is 0.947. The molecule has 1 heterocycles. The normalized spacial score (nSPS) is 25.9. The first-order chi connectivity index (χ1) is 8.77. The summed E-state index contributed by atoms with van der Waals surface area (Å²) in [4.78, 5) is 1.39. The summed E-state index contributed by atoms with van der Waals surface area (Å²) in [5, 5.41) is 14.1. The van der Waals surface area contributed by atoms with E-state index in [2.05, 4.69) is 29.6 Å². The molecule has 1 aromatic carbocycles. The van der Waals surface area contributed by atoms with E-state index in [1.807, 2.05) is 11.8 Å². The van der Waals surface area contributed by atoms with Crippen LogP contribution in [0.15, 0.2) is 29.2 Å². The van der Waals surface area contributed by atoms with Gasteiger partial charge in [-0.3, -0.25) is 0 Å². The molecular formula is C15H21NOS. The number of rotatable bonds is 3. The van der Waals surface area contributed by atoms with Gasteiger partial charge >= 0.3 is 0 Å². The largest absolute Gasteiger partial charge is 0.389 e. The molecule has 2 N–H and O–H groups in total. The van der Waals surface area contributed by atoms with Crippen molar-refractivity contribution >= 4 is 11.8 Å². The highest BCUT2D eigenvalue weighted by atomic mass is 32.2. The molecule has 1 aliphatic carbocycles. The van der Waals surface area contributed by atoms with Gasteiger partial charge in [0.05, 0.1) is 5.60 Å². The van der Waals surface area contributed by atoms with E-state index < -0.39 is 5.60 Å². The van der Waals surface area contributed by atoms with Crippen LogP contribution in [0.4, 0.5) is 0 Å². The van der Waals surface area contributed by atoms with E-state index in [9.17, 15) is 5.11 Å². The smallest absolute Gasteiger partial charge is 0.0771 e. The van der Waals surface area contributed by atoms with Crippen LogP contribution in [0.25, 0.3) is 0 Å². The molecule has 0 spiro atoms. The van der Waals surface area contributed by atoms with Crippen LogP contribution in [0.5, 0.6) is 0 Å². The number of nitrogens with one attached hydrogen (secondary N) is 1. The first-order valence-electron chi connectivity index (χ1n) is 6.94. The van der Waals surface area contributed by atoms with Gasteiger partial charge in [0.2, 0.25) is 0 Å². The third-order valence-electron chi connectivity index (χ3n) is 4.16. The summed E-state index contributed by atoms with van der Waals surface area (Å²) in [6.45, 7) is 0.743. The van der Waals surface area contributed by atoms with Gasteiger partial charge < -0.3 is 10.4 Å². The molecular weight excluding hydrogens is 242 g/mol. The molecule has 3 rings (SSSR count). The summed E-state index contributed by atoms with van der Waals surface area (Å²) in [7, 11) is 0. The van der Waals surface area contributed by atoms with Crippen molar-refractivity contribution in [1.29, 1.82) is 0 Å². The van der Waals surface area contributed by atoms with Gasteiger partial charge in [-0.25, -0.2) is 0 Å². The highest BCUT2D eigenvalue weighted by Crippen LogP contribution is 2.38. The molecule has 1 atom stereocenters. The highest BCUT2D eigenvalue weighted by Gasteiger charge is 2.31. The maximum atomic E-state index is 10.5. The molecule has 98 valence electrons. The van der Waals surface area contributed by atoms with Gasteiger partial charge in [-0.05, 0) is 24.5 Å². The fourth-order valence-corrected chi connectivity index (χ4v) is 4.23. The van der Waals surface area contributed by atoms with Crippen molar-refractivity contribution in [3.05, 3.63) is 29.8 Å². The second kappa shape index (κ2) is 5.24. The molecule has 0 aromatic heterocycles. The van der Waals surface area contributed by atoms with Crippen LogP contribution in [-0.2, 0) is 0 Å². The highest BCUT2D eigenvalue weighted by molar-refractivity contribution is 7.99. The molecule has 2 nitrogen and oxygen atoms in total. The third-order valence-corrected chi connectivity index (χ3v) is 5.34. The summed E-state index contributed by atoms with van der Waals surface area (Å²) >= 11 is 1.92. The number of aliphatic hydroxyl groups is 1. The Kier molecular flexibility index (Phi) is 3.64. The molecule has 3 heteroatoms. The number of hydrogen-bond donors (Lipinski definition) is 2. The van der Waals surface area contributed by atoms with Crippen molar-refractivity contribution < 1.29 is 5.11 Å². The molecule has 0 saturated heterocycles. The molecule has 0 radical (unpaired) electrons. The first-order valence-corrected chi connectivity index (χ1v) is 7.93. The predicted molar refractivity (Wildman–Crippen MR) is 75.9 cm³/mol. The Morgan fingerprint density at radius 1 is 1.22 bits per heavy atom. The van der Waals surface area contributed by atoms with Crippen LogP contribution in [0.2, 0.25) is 0 Å². The first kappa shape index (κ1) is 12.5. The summed E-state index contributed by atoms with van der Waals surface area (Å²) in [6.07, 6.45) is 5.55. The fourth-order valence-electron chi connectivity index (χ4n) is 3.03. The Hall–Kier alpha value is -0.510. The van der Waals surface area contributed by atoms with Crippen molar-refractivity contribution in [2.75, 3.05) is 12.3 Å². The van der Waals surface area contributed by atoms with Crippen molar-refractivity contribution in [3.8, 4) is 0 Å². The maximum Gasteiger partial charge on any atom is 0.0771 e. The lowest BCUT2D eigenvalue weighted by Crippen LogP contribution is -2.43. The number of thioether (sulfide) groups is 1. The van der Waals surface area contributed by atoms with Crippen LogP contribution in [0.1, 0.15) is 43.7 Å². The Bertz CT molecular complexity index is 415. The van der Waals surface area contributed by atoms with Crippen molar-refractivity contribution in [2.45, 2.75) is 48.6 Å². The average molecular weight is 263 g/mol. The molecule has 0 bridgehead atoms. The van der Waals surface area contributed by atoms with Gasteiger partial charge in [-0.15, -0.1) is 11.8 Å². The summed E-state index contributed by atoms with van der Waals surface area (Å²) in [5.74, 6) is 1.09. The van der Waals surface area contributed by atoms with Gasteiger partial charge in [-0.2, -0.15) is 0 Å². The molecule has 18 heavy (non-hydrogen) atoms. The Labute approximate surface area is 113 Å². The number of fused-ring (bicyclic) bond motifs is 1. The van der Waals surface area contributed by atoms with E-state index in [0.29, 0.717) is 6.04 Å². The van der Waals surface area contributed by atoms with E-state index >= 15 is 0 Å². The van der Waals surface area contributed by atoms with Crippen LogP contribution < -0.4 is 5.32 Å². The minimum Gasteiger partial charge on any atom is -0.389 e. The number of benzene rings is 1. The molecule has 1 unspecified atom stereocenters. The zero-order chi connectivity index (χ0) is 12.4. The summed E-state index contributed by atoms with van der Waals surface area (Å²) < 4.78 is 0. The van der Waals surface area contributed by atoms with Gasteiger partial charge in [-0.1, -0.05) is 37.5 Å². The van der Waals surface area contributed by atoms with Crippen LogP contribution in [-0.4, -0.2) is 23.0 Å². The van der Waals surface area contributed by atoms with E-state index in [-0.39, 0.29) is 0 Å². The van der Waals surface area contributed by atoms with E-state index in [0.717, 1.165) is 25.1 Å². The SMILES string of the molecule is OC1(CNC2CSc3ccccc32)CCCCC1. The zero-order valence-corrected chi connectivity index (χ0v) is 11.5. The zero-order valence-electron chi connectivity index (χ0n) is 10.7. The third kappa shape index (κ3) is 2.58. The average Bonchev–Trinajstić information content (AvgIpc) is 2.81. The van der Waals surface area contributed by atoms with Gasteiger partial charge in [0.15, 0.2) is 0 Å².